The molecule has 1 aromatic carbocycles. The topological polar surface area (TPSA) is 49.3 Å². The number of rotatable bonds is 3. The van der Waals surface area contributed by atoms with Gasteiger partial charge < -0.3 is 10.4 Å². The molecule has 0 bridgehead atoms. The third-order valence-electron chi connectivity index (χ3n) is 3.97. The lowest BCUT2D eigenvalue weighted by molar-refractivity contribution is -0.147. The van der Waals surface area contributed by atoms with Crippen LogP contribution in [0.2, 0.25) is 0 Å². The summed E-state index contributed by atoms with van der Waals surface area (Å²) in [6.07, 6.45) is 0.966. The van der Waals surface area contributed by atoms with E-state index in [4.69, 9.17) is 0 Å². The molecule has 2 atom stereocenters. The predicted molar refractivity (Wildman–Crippen MR) is 63.2 cm³/mol. The molecule has 0 amide bonds. The number of anilines is 1. The highest BCUT2D eigenvalue weighted by atomic mass is 19.2. The predicted octanol–water partition coefficient (Wildman–Crippen LogP) is 3.44. The van der Waals surface area contributed by atoms with Gasteiger partial charge in [0.1, 0.15) is 5.69 Å². The Kier molecular flexibility index (Phi) is 3.81. The second-order valence-corrected chi connectivity index (χ2v) is 5.26. The van der Waals surface area contributed by atoms with Crippen molar-refractivity contribution in [3.8, 4) is 0 Å². The summed E-state index contributed by atoms with van der Waals surface area (Å²) in [5, 5.41) is 11.4. The maximum absolute atomic E-state index is 13.6. The molecule has 2 unspecified atom stereocenters. The monoisotopic (exact) mass is 309 g/mol. The Balaban J connectivity index is 2.43. The van der Waals surface area contributed by atoms with E-state index >= 15 is 0 Å². The summed E-state index contributed by atoms with van der Waals surface area (Å²) in [7, 11) is 0. The number of halogens is 5. The molecule has 1 aromatic rings. The maximum Gasteiger partial charge on any atom is 0.311 e. The summed E-state index contributed by atoms with van der Waals surface area (Å²) in [6, 6.07) is -0.928. The molecule has 0 spiro atoms. The largest absolute Gasteiger partial charge is 0.481 e. The van der Waals surface area contributed by atoms with Crippen molar-refractivity contribution in [3.05, 3.63) is 29.1 Å². The minimum atomic E-state index is -2.25. The highest BCUT2D eigenvalue weighted by Crippen LogP contribution is 2.41. The van der Waals surface area contributed by atoms with Gasteiger partial charge in [-0.15, -0.1) is 0 Å². The van der Waals surface area contributed by atoms with Crippen LogP contribution in [0, 0.1) is 34.5 Å². The average Bonchev–Trinajstić information content (AvgIpc) is 2.82. The van der Waals surface area contributed by atoms with Crippen LogP contribution in [-0.4, -0.2) is 17.1 Å². The first-order chi connectivity index (χ1) is 9.70. The number of nitrogens with one attached hydrogen (secondary N) is 1. The zero-order valence-electron chi connectivity index (χ0n) is 10.9. The Bertz CT molecular complexity index is 578. The summed E-state index contributed by atoms with van der Waals surface area (Å²) < 4.78 is 66.3. The van der Waals surface area contributed by atoms with E-state index in [1.165, 1.54) is 6.92 Å². The van der Waals surface area contributed by atoms with E-state index < -0.39 is 52.2 Å². The van der Waals surface area contributed by atoms with Crippen LogP contribution < -0.4 is 5.32 Å². The van der Waals surface area contributed by atoms with Crippen molar-refractivity contribution in [2.24, 2.45) is 5.41 Å². The van der Waals surface area contributed by atoms with Gasteiger partial charge in [0.2, 0.25) is 5.82 Å². The first kappa shape index (κ1) is 15.5. The van der Waals surface area contributed by atoms with Crippen molar-refractivity contribution < 1.29 is 31.9 Å². The molecular weight excluding hydrogens is 297 g/mol. The van der Waals surface area contributed by atoms with Gasteiger partial charge in [-0.2, -0.15) is 0 Å². The second kappa shape index (κ2) is 5.16. The molecule has 8 heteroatoms. The normalized spacial score (nSPS) is 25.1. The van der Waals surface area contributed by atoms with Crippen LogP contribution >= 0.6 is 0 Å². The van der Waals surface area contributed by atoms with Crippen molar-refractivity contribution in [3.63, 3.8) is 0 Å². The lowest BCUT2D eigenvalue weighted by Gasteiger charge is -2.28. The van der Waals surface area contributed by atoms with Gasteiger partial charge in [0.05, 0.1) is 5.41 Å². The number of benzene rings is 1. The Morgan fingerprint density at radius 2 is 1.57 bits per heavy atom. The molecule has 116 valence electrons. The summed E-state index contributed by atoms with van der Waals surface area (Å²) in [5.41, 5.74) is -2.52. The van der Waals surface area contributed by atoms with Crippen molar-refractivity contribution in [1.29, 1.82) is 0 Å². The van der Waals surface area contributed by atoms with Crippen LogP contribution in [0.25, 0.3) is 0 Å². The van der Waals surface area contributed by atoms with Gasteiger partial charge in [0, 0.05) is 6.04 Å². The molecule has 1 fully saturated rings. The average molecular weight is 309 g/mol. The SMILES string of the molecule is CC1(C(=O)O)CCCC1Nc1c(F)c(F)c(F)c(F)c1F. The van der Waals surface area contributed by atoms with Crippen molar-refractivity contribution in [1.82, 2.24) is 0 Å². The van der Waals surface area contributed by atoms with E-state index in [1.54, 1.807) is 0 Å². The van der Waals surface area contributed by atoms with Crippen LogP contribution in [0.3, 0.4) is 0 Å². The lowest BCUT2D eigenvalue weighted by Crippen LogP contribution is -2.40. The lowest BCUT2D eigenvalue weighted by atomic mass is 9.85. The van der Waals surface area contributed by atoms with Crippen molar-refractivity contribution in [2.45, 2.75) is 32.2 Å². The molecular formula is C13H12F5NO2. The molecule has 0 heterocycles. The van der Waals surface area contributed by atoms with E-state index in [0.717, 1.165) is 0 Å². The number of hydrogen-bond acceptors (Lipinski definition) is 2. The van der Waals surface area contributed by atoms with Gasteiger partial charge in [0.25, 0.3) is 0 Å². The van der Waals surface area contributed by atoms with Gasteiger partial charge >= 0.3 is 5.97 Å². The standard InChI is InChI=1S/C13H12F5NO2/c1-13(12(20)21)4-2-3-5(13)19-11-9(17)7(15)6(14)8(16)10(11)18/h5,19H,2-4H2,1H3,(H,20,21). The Morgan fingerprint density at radius 1 is 1.10 bits per heavy atom. The van der Waals surface area contributed by atoms with Crippen LogP contribution in [0.15, 0.2) is 0 Å². The van der Waals surface area contributed by atoms with Crippen LogP contribution in [-0.2, 0) is 4.79 Å². The molecule has 1 aliphatic carbocycles. The minimum Gasteiger partial charge on any atom is -0.481 e. The zero-order valence-corrected chi connectivity index (χ0v) is 10.9. The summed E-state index contributed by atoms with van der Waals surface area (Å²) in [5.74, 6) is -11.6. The van der Waals surface area contributed by atoms with Gasteiger partial charge in [-0.05, 0) is 19.8 Å². The molecule has 21 heavy (non-hydrogen) atoms. The van der Waals surface area contributed by atoms with Gasteiger partial charge in [0.15, 0.2) is 23.3 Å². The quantitative estimate of drug-likeness (QED) is 0.511. The molecule has 1 aliphatic rings. The number of carboxylic acids is 1. The first-order valence-electron chi connectivity index (χ1n) is 6.21. The van der Waals surface area contributed by atoms with E-state index in [9.17, 15) is 31.9 Å². The third kappa shape index (κ3) is 2.32. The molecule has 2 rings (SSSR count). The number of aliphatic carboxylic acids is 1. The van der Waals surface area contributed by atoms with E-state index in [0.29, 0.717) is 6.42 Å². The number of carbonyl (C=O) groups is 1. The van der Waals surface area contributed by atoms with Crippen molar-refractivity contribution in [2.75, 3.05) is 5.32 Å². The van der Waals surface area contributed by atoms with E-state index in [1.807, 2.05) is 0 Å². The second-order valence-electron chi connectivity index (χ2n) is 5.26. The maximum atomic E-state index is 13.6. The molecule has 0 saturated heterocycles. The zero-order chi connectivity index (χ0) is 15.9. The van der Waals surface area contributed by atoms with Gasteiger partial charge in [-0.25, -0.2) is 22.0 Å². The Hall–Kier alpha value is -1.86. The Labute approximate surface area is 116 Å². The van der Waals surface area contributed by atoms with Crippen molar-refractivity contribution >= 4 is 11.7 Å². The highest BCUT2D eigenvalue weighted by Gasteiger charge is 2.46. The molecule has 1 saturated carbocycles. The van der Waals surface area contributed by atoms with Gasteiger partial charge in [-0.1, -0.05) is 6.42 Å². The number of carboxylic acid groups (broad SMARTS) is 1. The minimum absolute atomic E-state index is 0.245. The van der Waals surface area contributed by atoms with E-state index in [2.05, 4.69) is 5.32 Å². The summed E-state index contributed by atoms with van der Waals surface area (Å²) in [6.45, 7) is 1.37. The molecule has 0 aliphatic heterocycles. The smallest absolute Gasteiger partial charge is 0.311 e. The first-order valence-corrected chi connectivity index (χ1v) is 6.21. The van der Waals surface area contributed by atoms with Crippen LogP contribution in [0.1, 0.15) is 26.2 Å². The molecule has 0 aromatic heterocycles. The Morgan fingerprint density at radius 3 is 2.05 bits per heavy atom. The fourth-order valence-electron chi connectivity index (χ4n) is 2.56. The van der Waals surface area contributed by atoms with E-state index in [-0.39, 0.29) is 12.8 Å². The molecule has 2 N–H and O–H groups in total. The highest BCUT2D eigenvalue weighted by molar-refractivity contribution is 5.76. The summed E-state index contributed by atoms with van der Waals surface area (Å²) in [4.78, 5) is 11.2. The summed E-state index contributed by atoms with van der Waals surface area (Å²) >= 11 is 0. The third-order valence-corrected chi connectivity index (χ3v) is 3.97. The van der Waals surface area contributed by atoms with Gasteiger partial charge in [-0.3, -0.25) is 4.79 Å². The van der Waals surface area contributed by atoms with Crippen LogP contribution in [0.5, 0.6) is 0 Å². The number of hydrogen-bond donors (Lipinski definition) is 2. The fraction of sp³-hybridized carbons (Fsp3) is 0.462. The van der Waals surface area contributed by atoms with Crippen LogP contribution in [0.4, 0.5) is 27.6 Å². The molecule has 3 nitrogen and oxygen atoms in total. The molecule has 0 radical (unpaired) electrons. The fourth-order valence-corrected chi connectivity index (χ4v) is 2.56.